The number of guanidine groups is 1. The molecule has 0 aliphatic rings. The smallest absolute Gasteiger partial charge is 0.191 e. The van der Waals surface area contributed by atoms with E-state index in [4.69, 9.17) is 4.42 Å². The number of sulfone groups is 1. The van der Waals surface area contributed by atoms with Gasteiger partial charge >= 0.3 is 0 Å². The summed E-state index contributed by atoms with van der Waals surface area (Å²) in [7, 11) is -3.37. The number of aliphatic hydroxyl groups is 1. The minimum atomic E-state index is -3.37. The first kappa shape index (κ1) is 22.0. The van der Waals surface area contributed by atoms with Crippen LogP contribution >= 0.6 is 0 Å². The van der Waals surface area contributed by atoms with Crippen molar-refractivity contribution in [1.82, 2.24) is 10.6 Å². The zero-order valence-electron chi connectivity index (χ0n) is 16.8. The molecule has 0 spiro atoms. The van der Waals surface area contributed by atoms with E-state index in [-0.39, 0.29) is 18.8 Å². The standard InChI is InChI=1S/C20H29N3O4S/c1-5-21-19(22-11-12-28(25,26)17-9-7-6-8-10-17)23-14-20(4,24)18-13-15(2)27-16(18)3/h6-10,13,24H,5,11-12,14H2,1-4H3,(H2,21,22,23). The summed E-state index contributed by atoms with van der Waals surface area (Å²) in [5.41, 5.74) is -0.503. The highest BCUT2D eigenvalue weighted by Gasteiger charge is 2.27. The molecule has 0 saturated heterocycles. The van der Waals surface area contributed by atoms with E-state index in [1.165, 1.54) is 0 Å². The summed E-state index contributed by atoms with van der Waals surface area (Å²) in [6, 6.07) is 10.2. The highest BCUT2D eigenvalue weighted by atomic mass is 32.2. The van der Waals surface area contributed by atoms with Crippen molar-refractivity contribution in [3.05, 3.63) is 53.5 Å². The molecule has 0 fully saturated rings. The minimum absolute atomic E-state index is 0.0577. The number of aliphatic imine (C=N–C) groups is 1. The lowest BCUT2D eigenvalue weighted by molar-refractivity contribution is 0.0657. The quantitative estimate of drug-likeness (QED) is 0.457. The lowest BCUT2D eigenvalue weighted by Gasteiger charge is -2.21. The Morgan fingerprint density at radius 2 is 1.89 bits per heavy atom. The molecule has 1 atom stereocenters. The summed E-state index contributed by atoms with van der Waals surface area (Å²) in [6.45, 7) is 8.15. The van der Waals surface area contributed by atoms with Crippen molar-refractivity contribution in [2.45, 2.75) is 38.2 Å². The SMILES string of the molecule is CCNC(=NCC(C)(O)c1cc(C)oc1C)NCCS(=O)(=O)c1ccccc1. The molecule has 7 nitrogen and oxygen atoms in total. The van der Waals surface area contributed by atoms with Gasteiger partial charge in [0.15, 0.2) is 15.8 Å². The van der Waals surface area contributed by atoms with Gasteiger partial charge in [-0.1, -0.05) is 18.2 Å². The maximum Gasteiger partial charge on any atom is 0.191 e. The van der Waals surface area contributed by atoms with Crippen LogP contribution in [-0.2, 0) is 15.4 Å². The summed E-state index contributed by atoms with van der Waals surface area (Å²) in [5.74, 6) is 1.78. The predicted octanol–water partition coefficient (Wildman–Crippen LogP) is 2.13. The normalized spacial score (nSPS) is 14.5. The van der Waals surface area contributed by atoms with Crippen LogP contribution in [0.1, 0.15) is 30.9 Å². The topological polar surface area (TPSA) is 104 Å². The van der Waals surface area contributed by atoms with Gasteiger partial charge in [-0.15, -0.1) is 0 Å². The zero-order valence-corrected chi connectivity index (χ0v) is 17.6. The van der Waals surface area contributed by atoms with E-state index in [9.17, 15) is 13.5 Å². The Labute approximate surface area is 166 Å². The van der Waals surface area contributed by atoms with E-state index < -0.39 is 15.4 Å². The highest BCUT2D eigenvalue weighted by Crippen LogP contribution is 2.27. The summed E-state index contributed by atoms with van der Waals surface area (Å²) < 4.78 is 30.2. The number of hydrogen-bond acceptors (Lipinski definition) is 5. The Morgan fingerprint density at radius 3 is 2.46 bits per heavy atom. The molecule has 1 heterocycles. The molecule has 0 aliphatic heterocycles. The number of aryl methyl sites for hydroxylation is 2. The first-order chi connectivity index (χ1) is 13.2. The third-order valence-electron chi connectivity index (χ3n) is 4.28. The molecular formula is C20H29N3O4S. The van der Waals surface area contributed by atoms with E-state index in [1.54, 1.807) is 50.2 Å². The van der Waals surface area contributed by atoms with Crippen molar-refractivity contribution < 1.29 is 17.9 Å². The second kappa shape index (κ2) is 9.25. The van der Waals surface area contributed by atoms with Crippen LogP contribution in [0, 0.1) is 13.8 Å². The molecule has 0 radical (unpaired) electrons. The molecule has 1 aromatic heterocycles. The fourth-order valence-electron chi connectivity index (χ4n) is 2.87. The highest BCUT2D eigenvalue weighted by molar-refractivity contribution is 7.91. The van der Waals surface area contributed by atoms with Crippen LogP contribution in [0.5, 0.6) is 0 Å². The number of nitrogens with one attached hydrogen (secondary N) is 2. The van der Waals surface area contributed by atoms with Crippen LogP contribution in [-0.4, -0.2) is 44.9 Å². The molecule has 0 bridgehead atoms. The molecular weight excluding hydrogens is 378 g/mol. The van der Waals surface area contributed by atoms with Crippen molar-refractivity contribution >= 4 is 15.8 Å². The number of nitrogens with zero attached hydrogens (tertiary/aromatic N) is 1. The van der Waals surface area contributed by atoms with Gasteiger partial charge in [0.25, 0.3) is 0 Å². The molecule has 154 valence electrons. The van der Waals surface area contributed by atoms with Crippen LogP contribution in [0.3, 0.4) is 0 Å². The average Bonchev–Trinajstić information content (AvgIpc) is 2.99. The van der Waals surface area contributed by atoms with Gasteiger partial charge in [-0.2, -0.15) is 0 Å². The van der Waals surface area contributed by atoms with Crippen molar-refractivity contribution in [2.75, 3.05) is 25.4 Å². The monoisotopic (exact) mass is 407 g/mol. The number of furan rings is 1. The van der Waals surface area contributed by atoms with Gasteiger partial charge in [0.05, 0.1) is 17.2 Å². The van der Waals surface area contributed by atoms with Crippen LogP contribution in [0.4, 0.5) is 0 Å². The predicted molar refractivity (Wildman–Crippen MR) is 110 cm³/mol. The molecule has 2 rings (SSSR count). The van der Waals surface area contributed by atoms with Crippen molar-refractivity contribution in [1.29, 1.82) is 0 Å². The van der Waals surface area contributed by atoms with Gasteiger partial charge in [-0.05, 0) is 45.9 Å². The first-order valence-electron chi connectivity index (χ1n) is 9.25. The summed E-state index contributed by atoms with van der Waals surface area (Å²) in [5, 5.41) is 16.9. The Kier molecular flexibility index (Phi) is 7.26. The molecule has 8 heteroatoms. The van der Waals surface area contributed by atoms with Crippen molar-refractivity contribution in [3.8, 4) is 0 Å². The Hall–Kier alpha value is -2.32. The summed E-state index contributed by atoms with van der Waals surface area (Å²) in [4.78, 5) is 4.71. The van der Waals surface area contributed by atoms with E-state index >= 15 is 0 Å². The lowest BCUT2D eigenvalue weighted by Crippen LogP contribution is -2.40. The Bertz CT molecular complexity index is 903. The molecule has 0 saturated carbocycles. The summed E-state index contributed by atoms with van der Waals surface area (Å²) >= 11 is 0. The molecule has 1 unspecified atom stereocenters. The molecule has 0 aliphatic carbocycles. The largest absolute Gasteiger partial charge is 0.466 e. The maximum absolute atomic E-state index is 12.4. The van der Waals surface area contributed by atoms with E-state index in [0.717, 1.165) is 5.76 Å². The number of benzene rings is 1. The Balaban J connectivity index is 2.01. The molecule has 1 aromatic carbocycles. The molecule has 28 heavy (non-hydrogen) atoms. The van der Waals surface area contributed by atoms with Crippen LogP contribution in [0.15, 0.2) is 50.7 Å². The molecule has 3 N–H and O–H groups in total. The fourth-order valence-corrected chi connectivity index (χ4v) is 4.05. The van der Waals surface area contributed by atoms with Crippen LogP contribution in [0.2, 0.25) is 0 Å². The third-order valence-corrected chi connectivity index (χ3v) is 6.01. The van der Waals surface area contributed by atoms with Gasteiger partial charge in [-0.3, -0.25) is 0 Å². The van der Waals surface area contributed by atoms with E-state index in [2.05, 4.69) is 15.6 Å². The minimum Gasteiger partial charge on any atom is -0.466 e. The number of rotatable bonds is 8. The van der Waals surface area contributed by atoms with Crippen molar-refractivity contribution in [3.63, 3.8) is 0 Å². The lowest BCUT2D eigenvalue weighted by atomic mass is 9.96. The summed E-state index contributed by atoms with van der Waals surface area (Å²) in [6.07, 6.45) is 0. The van der Waals surface area contributed by atoms with Gasteiger partial charge in [0, 0.05) is 18.7 Å². The first-order valence-corrected chi connectivity index (χ1v) is 10.9. The zero-order chi connectivity index (χ0) is 20.8. The average molecular weight is 408 g/mol. The van der Waals surface area contributed by atoms with Crippen LogP contribution in [0.25, 0.3) is 0 Å². The molecule has 0 amide bonds. The van der Waals surface area contributed by atoms with E-state index in [0.29, 0.717) is 28.7 Å². The maximum atomic E-state index is 12.4. The van der Waals surface area contributed by atoms with Crippen LogP contribution < -0.4 is 10.6 Å². The second-order valence-corrected chi connectivity index (χ2v) is 8.96. The third kappa shape index (κ3) is 5.84. The Morgan fingerprint density at radius 1 is 1.21 bits per heavy atom. The van der Waals surface area contributed by atoms with Gasteiger partial charge in [-0.25, -0.2) is 13.4 Å². The van der Waals surface area contributed by atoms with Gasteiger partial charge in [0.1, 0.15) is 17.1 Å². The van der Waals surface area contributed by atoms with E-state index in [1.807, 2.05) is 13.8 Å². The fraction of sp³-hybridized carbons (Fsp3) is 0.450. The number of hydrogen-bond donors (Lipinski definition) is 3. The molecule has 2 aromatic rings. The van der Waals surface area contributed by atoms with Gasteiger partial charge < -0.3 is 20.2 Å². The van der Waals surface area contributed by atoms with Gasteiger partial charge in [0.2, 0.25) is 0 Å². The second-order valence-electron chi connectivity index (χ2n) is 6.85. The van der Waals surface area contributed by atoms with Crippen molar-refractivity contribution in [2.24, 2.45) is 4.99 Å².